The van der Waals surface area contributed by atoms with Gasteiger partial charge in [0.05, 0.1) is 6.61 Å². The van der Waals surface area contributed by atoms with Gasteiger partial charge in [-0.15, -0.1) is 0 Å². The predicted molar refractivity (Wildman–Crippen MR) is 67.1 cm³/mol. The molecule has 1 N–H and O–H groups in total. The molecule has 1 spiro atoms. The lowest BCUT2D eigenvalue weighted by atomic mass is 9.75. The average Bonchev–Trinajstić information content (AvgIpc) is 2.53. The van der Waals surface area contributed by atoms with E-state index in [4.69, 9.17) is 4.74 Å². The Morgan fingerprint density at radius 1 is 1.50 bits per heavy atom. The van der Waals surface area contributed by atoms with Crippen LogP contribution in [0.2, 0.25) is 0 Å². The van der Waals surface area contributed by atoms with Crippen molar-refractivity contribution in [3.05, 3.63) is 0 Å². The highest BCUT2D eigenvalue weighted by Gasteiger charge is 2.53. The largest absolute Gasteiger partial charge is 0.380 e. The number of amides is 3. The number of hydrogen-bond acceptors (Lipinski definition) is 3. The molecule has 2 atom stereocenters. The summed E-state index contributed by atoms with van der Waals surface area (Å²) >= 11 is 0. The first-order chi connectivity index (χ1) is 8.60. The lowest BCUT2D eigenvalue weighted by molar-refractivity contribution is -0.129. The summed E-state index contributed by atoms with van der Waals surface area (Å²) in [5.74, 6) is 0.376. The van der Waals surface area contributed by atoms with Gasteiger partial charge in [-0.05, 0) is 25.7 Å². The molecule has 1 aliphatic carbocycles. The number of carbonyl (C=O) groups excluding carboxylic acids is 2. The molecule has 0 aromatic carbocycles. The third-order valence-electron chi connectivity index (χ3n) is 4.04. The van der Waals surface area contributed by atoms with Gasteiger partial charge in [-0.25, -0.2) is 4.79 Å². The molecule has 0 aromatic rings. The monoisotopic (exact) mass is 254 g/mol. The number of ether oxygens (including phenoxy) is 1. The SMILES string of the molecule is CCOCCN1C(=O)NC(=O)C12CCCC(C)C2. The molecule has 5 nitrogen and oxygen atoms in total. The van der Waals surface area contributed by atoms with Crippen molar-refractivity contribution in [3.63, 3.8) is 0 Å². The van der Waals surface area contributed by atoms with Gasteiger partial charge in [0.1, 0.15) is 5.54 Å². The molecule has 2 unspecified atom stereocenters. The van der Waals surface area contributed by atoms with Crippen LogP contribution in [0.3, 0.4) is 0 Å². The van der Waals surface area contributed by atoms with Gasteiger partial charge < -0.3 is 9.64 Å². The normalized spacial score (nSPS) is 32.1. The van der Waals surface area contributed by atoms with Crippen LogP contribution in [0.1, 0.15) is 39.5 Å². The molecule has 1 saturated carbocycles. The first-order valence-electron chi connectivity index (χ1n) is 6.81. The molecule has 5 heteroatoms. The maximum atomic E-state index is 12.1. The Hall–Kier alpha value is -1.10. The maximum absolute atomic E-state index is 12.1. The molecular formula is C13H22N2O3. The van der Waals surface area contributed by atoms with E-state index in [1.54, 1.807) is 4.90 Å². The number of hydrogen-bond donors (Lipinski definition) is 1. The van der Waals surface area contributed by atoms with Crippen molar-refractivity contribution >= 4 is 11.9 Å². The van der Waals surface area contributed by atoms with Crippen LogP contribution in [-0.4, -0.2) is 42.1 Å². The van der Waals surface area contributed by atoms with Crippen LogP contribution in [0, 0.1) is 5.92 Å². The number of nitrogens with zero attached hydrogens (tertiary/aromatic N) is 1. The Labute approximate surface area is 108 Å². The number of carbonyl (C=O) groups is 2. The zero-order valence-corrected chi connectivity index (χ0v) is 11.2. The first kappa shape index (κ1) is 13.3. The molecule has 0 bridgehead atoms. The van der Waals surface area contributed by atoms with E-state index in [2.05, 4.69) is 12.2 Å². The van der Waals surface area contributed by atoms with Crippen molar-refractivity contribution in [2.45, 2.75) is 45.1 Å². The van der Waals surface area contributed by atoms with Gasteiger partial charge in [0.2, 0.25) is 0 Å². The quantitative estimate of drug-likeness (QED) is 0.611. The van der Waals surface area contributed by atoms with E-state index in [0.29, 0.717) is 25.7 Å². The fourth-order valence-corrected chi connectivity index (χ4v) is 3.19. The summed E-state index contributed by atoms with van der Waals surface area (Å²) in [7, 11) is 0. The number of imide groups is 1. The molecule has 3 amide bonds. The Bertz CT molecular complexity index is 345. The predicted octanol–water partition coefficient (Wildman–Crippen LogP) is 1.52. The molecule has 1 aliphatic heterocycles. The molecular weight excluding hydrogens is 232 g/mol. The topological polar surface area (TPSA) is 58.6 Å². The van der Waals surface area contributed by atoms with Gasteiger partial charge >= 0.3 is 6.03 Å². The Morgan fingerprint density at radius 2 is 2.28 bits per heavy atom. The molecule has 2 fully saturated rings. The zero-order chi connectivity index (χ0) is 13.2. The standard InChI is InChI=1S/C13H22N2O3/c1-3-18-8-7-15-12(17)14-11(16)13(15)6-4-5-10(2)9-13/h10H,3-9H2,1-2H3,(H,14,16,17). The summed E-state index contributed by atoms with van der Waals surface area (Å²) < 4.78 is 5.31. The minimum atomic E-state index is -0.605. The number of urea groups is 1. The second-order valence-corrected chi connectivity index (χ2v) is 5.34. The van der Waals surface area contributed by atoms with Crippen LogP contribution in [0.5, 0.6) is 0 Å². The van der Waals surface area contributed by atoms with Crippen molar-refractivity contribution < 1.29 is 14.3 Å². The molecule has 0 radical (unpaired) electrons. The number of rotatable bonds is 4. The van der Waals surface area contributed by atoms with E-state index in [1.807, 2.05) is 6.92 Å². The third kappa shape index (κ3) is 2.23. The van der Waals surface area contributed by atoms with Gasteiger partial charge in [-0.2, -0.15) is 0 Å². The number of nitrogens with one attached hydrogen (secondary N) is 1. The third-order valence-corrected chi connectivity index (χ3v) is 4.04. The highest BCUT2D eigenvalue weighted by molar-refractivity contribution is 6.07. The van der Waals surface area contributed by atoms with E-state index in [0.717, 1.165) is 25.7 Å². The summed E-state index contributed by atoms with van der Waals surface area (Å²) in [5, 5.41) is 2.47. The lowest BCUT2D eigenvalue weighted by Crippen LogP contribution is -2.53. The molecule has 102 valence electrons. The molecule has 1 saturated heterocycles. The van der Waals surface area contributed by atoms with E-state index in [1.165, 1.54) is 0 Å². The minimum Gasteiger partial charge on any atom is -0.380 e. The second-order valence-electron chi connectivity index (χ2n) is 5.34. The molecule has 18 heavy (non-hydrogen) atoms. The summed E-state index contributed by atoms with van der Waals surface area (Å²) in [6, 6.07) is -0.256. The average molecular weight is 254 g/mol. The van der Waals surface area contributed by atoms with Crippen LogP contribution in [0.15, 0.2) is 0 Å². The molecule has 1 heterocycles. The van der Waals surface area contributed by atoms with Crippen molar-refractivity contribution in [2.24, 2.45) is 5.92 Å². The van der Waals surface area contributed by atoms with Gasteiger partial charge in [0.25, 0.3) is 5.91 Å². The van der Waals surface area contributed by atoms with E-state index < -0.39 is 5.54 Å². The Balaban J connectivity index is 2.13. The van der Waals surface area contributed by atoms with E-state index >= 15 is 0 Å². The highest BCUT2D eigenvalue weighted by Crippen LogP contribution is 2.39. The fourth-order valence-electron chi connectivity index (χ4n) is 3.19. The summed E-state index contributed by atoms with van der Waals surface area (Å²) in [5.41, 5.74) is -0.605. The minimum absolute atomic E-state index is 0.115. The van der Waals surface area contributed by atoms with E-state index in [-0.39, 0.29) is 11.9 Å². The molecule has 2 aliphatic rings. The lowest BCUT2D eigenvalue weighted by Gasteiger charge is -2.40. The first-order valence-corrected chi connectivity index (χ1v) is 6.81. The van der Waals surface area contributed by atoms with Crippen LogP contribution in [0.25, 0.3) is 0 Å². The van der Waals surface area contributed by atoms with Crippen LogP contribution in [-0.2, 0) is 9.53 Å². The van der Waals surface area contributed by atoms with Crippen LogP contribution in [0.4, 0.5) is 4.79 Å². The molecule has 2 rings (SSSR count). The van der Waals surface area contributed by atoms with Crippen molar-refractivity contribution in [2.75, 3.05) is 19.8 Å². The van der Waals surface area contributed by atoms with Crippen molar-refractivity contribution in [1.29, 1.82) is 0 Å². The summed E-state index contributed by atoms with van der Waals surface area (Å²) in [4.78, 5) is 25.7. The Morgan fingerprint density at radius 3 is 2.94 bits per heavy atom. The summed E-state index contributed by atoms with van der Waals surface area (Å²) in [6.07, 6.45) is 3.70. The Kier molecular flexibility index (Phi) is 3.90. The van der Waals surface area contributed by atoms with Crippen molar-refractivity contribution in [1.82, 2.24) is 10.2 Å². The second kappa shape index (κ2) is 5.26. The van der Waals surface area contributed by atoms with Crippen molar-refractivity contribution in [3.8, 4) is 0 Å². The summed E-state index contributed by atoms with van der Waals surface area (Å²) in [6.45, 7) is 5.70. The van der Waals surface area contributed by atoms with E-state index in [9.17, 15) is 9.59 Å². The van der Waals surface area contributed by atoms with Gasteiger partial charge in [-0.1, -0.05) is 19.8 Å². The highest BCUT2D eigenvalue weighted by atomic mass is 16.5. The van der Waals surface area contributed by atoms with Crippen LogP contribution >= 0.6 is 0 Å². The van der Waals surface area contributed by atoms with Gasteiger partial charge in [-0.3, -0.25) is 10.1 Å². The maximum Gasteiger partial charge on any atom is 0.325 e. The van der Waals surface area contributed by atoms with Gasteiger partial charge in [0.15, 0.2) is 0 Å². The molecule has 0 aromatic heterocycles. The smallest absolute Gasteiger partial charge is 0.325 e. The van der Waals surface area contributed by atoms with Crippen LogP contribution < -0.4 is 5.32 Å². The zero-order valence-electron chi connectivity index (χ0n) is 11.2. The van der Waals surface area contributed by atoms with Gasteiger partial charge in [0, 0.05) is 13.2 Å². The fraction of sp³-hybridized carbons (Fsp3) is 0.846.